The number of aliphatic hydroxyl groups excluding tert-OH is 5. The molecule has 7 N–H and O–H groups in total. The second-order valence-corrected chi connectivity index (χ2v) is 5.11. The van der Waals surface area contributed by atoms with Crippen LogP contribution in [0.5, 0.6) is 0 Å². The molecule has 0 aliphatic rings. The van der Waals surface area contributed by atoms with Crippen LogP contribution < -0.4 is 5.48 Å². The van der Waals surface area contributed by atoms with Crippen molar-refractivity contribution in [1.82, 2.24) is 5.48 Å². The van der Waals surface area contributed by atoms with Gasteiger partial charge in [0, 0.05) is 6.92 Å². The average molecular weight is 333 g/mol. The Labute approximate surface area is 118 Å². The second kappa shape index (κ2) is 8.36. The van der Waals surface area contributed by atoms with Crippen LogP contribution >= 0.6 is 7.82 Å². The molecule has 0 spiro atoms. The molecule has 124 valence electrons. The molecule has 0 radical (unpaired) electrons. The lowest BCUT2D eigenvalue weighted by Gasteiger charge is -2.24. The predicted octanol–water partition coefficient (Wildman–Crippen LogP) is -3.87. The summed E-state index contributed by atoms with van der Waals surface area (Å²) in [5, 5.41) is 45.4. The summed E-state index contributed by atoms with van der Waals surface area (Å²) in [6.07, 6.45) is -8.85. The number of nitrogens with one attached hydrogen (secondary N) is 1. The summed E-state index contributed by atoms with van der Waals surface area (Å²) in [6, 6.07) is 0. The molecule has 0 aromatic heterocycles. The molecule has 12 nitrogen and oxygen atoms in total. The highest BCUT2D eigenvalue weighted by Gasteiger charge is 2.39. The monoisotopic (exact) mass is 333 g/mol. The maximum atomic E-state index is 11.2. The van der Waals surface area contributed by atoms with E-state index in [0.717, 1.165) is 6.92 Å². The molecule has 0 aromatic rings. The van der Waals surface area contributed by atoms with Crippen molar-refractivity contribution in [2.24, 2.45) is 0 Å². The van der Waals surface area contributed by atoms with E-state index in [1.807, 2.05) is 0 Å². The smallest absolute Gasteiger partial charge is 0.394 e. The number of hydroxylamine groups is 1. The molecule has 0 bridgehead atoms. The van der Waals surface area contributed by atoms with Crippen LogP contribution in [-0.2, 0) is 23.3 Å². The molecule has 5 atom stereocenters. The van der Waals surface area contributed by atoms with Gasteiger partial charge in [0.1, 0.15) is 18.3 Å². The van der Waals surface area contributed by atoms with Crippen LogP contribution in [-0.4, -0.2) is 73.3 Å². The molecule has 0 saturated carbocycles. The Hall–Kier alpha value is -1.11. The molecule has 0 aliphatic heterocycles. The minimum Gasteiger partial charge on any atom is -0.394 e. The summed E-state index contributed by atoms with van der Waals surface area (Å²) in [7, 11) is -5.10. The Morgan fingerprint density at radius 2 is 1.71 bits per heavy atom. The Kier molecular flexibility index (Phi) is 7.92. The zero-order chi connectivity index (χ0) is 16.8. The van der Waals surface area contributed by atoms with E-state index < -0.39 is 50.7 Å². The van der Waals surface area contributed by atoms with E-state index in [1.165, 1.54) is 5.48 Å². The van der Waals surface area contributed by atoms with E-state index in [0.29, 0.717) is 0 Å². The Morgan fingerprint density at radius 1 is 1.19 bits per heavy atom. The van der Waals surface area contributed by atoms with Gasteiger partial charge < -0.3 is 30.1 Å². The van der Waals surface area contributed by atoms with Crippen molar-refractivity contribution in [2.45, 2.75) is 31.3 Å². The second-order valence-electron chi connectivity index (χ2n) is 3.80. The number of phosphoric ester groups is 1. The van der Waals surface area contributed by atoms with Gasteiger partial charge in [-0.2, -0.15) is 4.62 Å². The summed E-state index contributed by atoms with van der Waals surface area (Å²) >= 11 is 0. The third-order valence-electron chi connectivity index (χ3n) is 2.01. The van der Waals surface area contributed by atoms with Gasteiger partial charge in [0.2, 0.25) is 5.91 Å². The highest BCUT2D eigenvalue weighted by Crippen LogP contribution is 2.42. The van der Waals surface area contributed by atoms with Crippen molar-refractivity contribution < 1.29 is 53.7 Å². The molecule has 1 unspecified atom stereocenters. The van der Waals surface area contributed by atoms with Crippen LogP contribution in [0.2, 0.25) is 0 Å². The maximum absolute atomic E-state index is 11.2. The SMILES string of the molecule is CC(=O)NOP(=O)(O)OC(=O)[C@H](O)[C@@H](O)[C@H](O)[C@H](O)CO. The number of phosphoric acid groups is 1. The molecule has 0 heterocycles. The number of hydrogen-bond donors (Lipinski definition) is 7. The first-order valence-corrected chi connectivity index (χ1v) is 6.86. The maximum Gasteiger partial charge on any atom is 0.551 e. The summed E-state index contributed by atoms with van der Waals surface area (Å²) in [5.41, 5.74) is 1.41. The zero-order valence-corrected chi connectivity index (χ0v) is 11.6. The van der Waals surface area contributed by atoms with Crippen molar-refractivity contribution >= 4 is 19.7 Å². The van der Waals surface area contributed by atoms with Crippen molar-refractivity contribution in [2.75, 3.05) is 6.61 Å². The van der Waals surface area contributed by atoms with Crippen LogP contribution in [0.25, 0.3) is 0 Å². The molecule has 0 aromatic carbocycles. The molecule has 0 fully saturated rings. The fourth-order valence-corrected chi connectivity index (χ4v) is 1.59. The number of carbonyl (C=O) groups excluding carboxylic acids is 2. The predicted molar refractivity (Wildman–Crippen MR) is 61.9 cm³/mol. The molecule has 0 aliphatic carbocycles. The van der Waals surface area contributed by atoms with Gasteiger partial charge in [-0.1, -0.05) is 0 Å². The standard InChI is InChI=1S/C8H16NO11P/c1-3(11)9-20-21(17,18)19-8(16)7(15)6(14)5(13)4(12)2-10/h4-7,10,12-15H,2H2,1H3,(H,9,11)(H,17,18)/t4-,5-,6+,7-/m1/s1. The minimum absolute atomic E-state index is 0.887. The number of rotatable bonds is 8. The highest BCUT2D eigenvalue weighted by molar-refractivity contribution is 7.48. The lowest BCUT2D eigenvalue weighted by Crippen LogP contribution is -2.49. The van der Waals surface area contributed by atoms with Crippen molar-refractivity contribution in [3.8, 4) is 0 Å². The van der Waals surface area contributed by atoms with E-state index in [1.54, 1.807) is 0 Å². The minimum atomic E-state index is -5.10. The lowest BCUT2D eigenvalue weighted by atomic mass is 10.0. The number of amides is 1. The Balaban J connectivity index is 4.63. The van der Waals surface area contributed by atoms with E-state index in [2.05, 4.69) is 9.15 Å². The summed E-state index contributed by atoms with van der Waals surface area (Å²) in [4.78, 5) is 30.7. The van der Waals surface area contributed by atoms with E-state index in [9.17, 15) is 29.5 Å². The van der Waals surface area contributed by atoms with Crippen LogP contribution in [0.15, 0.2) is 0 Å². The van der Waals surface area contributed by atoms with Crippen LogP contribution in [0, 0.1) is 0 Å². The largest absolute Gasteiger partial charge is 0.551 e. The van der Waals surface area contributed by atoms with E-state index in [4.69, 9.17) is 15.1 Å². The fraction of sp³-hybridized carbons (Fsp3) is 0.750. The van der Waals surface area contributed by atoms with Gasteiger partial charge >= 0.3 is 13.8 Å². The first kappa shape index (κ1) is 19.9. The quantitative estimate of drug-likeness (QED) is 0.169. The zero-order valence-electron chi connectivity index (χ0n) is 10.7. The van der Waals surface area contributed by atoms with Gasteiger partial charge in [0.15, 0.2) is 6.10 Å². The average Bonchev–Trinajstić information content (AvgIpc) is 2.41. The fourth-order valence-electron chi connectivity index (χ4n) is 0.970. The Morgan fingerprint density at radius 3 is 2.14 bits per heavy atom. The Bertz CT molecular complexity index is 415. The number of carbonyl (C=O) groups is 2. The topological polar surface area (TPSA) is 203 Å². The lowest BCUT2D eigenvalue weighted by molar-refractivity contribution is -0.163. The van der Waals surface area contributed by atoms with Crippen LogP contribution in [0.1, 0.15) is 6.92 Å². The van der Waals surface area contributed by atoms with Crippen LogP contribution in [0.4, 0.5) is 0 Å². The molecular weight excluding hydrogens is 317 g/mol. The van der Waals surface area contributed by atoms with Crippen molar-refractivity contribution in [3.05, 3.63) is 0 Å². The summed E-state index contributed by atoms with van der Waals surface area (Å²) in [6.45, 7) is -0.0583. The van der Waals surface area contributed by atoms with Gasteiger partial charge in [-0.05, 0) is 0 Å². The normalized spacial score (nSPS) is 19.8. The van der Waals surface area contributed by atoms with Gasteiger partial charge in [-0.25, -0.2) is 14.8 Å². The van der Waals surface area contributed by atoms with Crippen molar-refractivity contribution in [3.63, 3.8) is 0 Å². The van der Waals surface area contributed by atoms with E-state index >= 15 is 0 Å². The molecule has 21 heavy (non-hydrogen) atoms. The van der Waals surface area contributed by atoms with Gasteiger partial charge in [0.05, 0.1) is 6.61 Å². The molecule has 1 amide bonds. The summed E-state index contributed by atoms with van der Waals surface area (Å²) < 4.78 is 18.8. The highest BCUT2D eigenvalue weighted by atomic mass is 31.2. The number of hydrogen-bond acceptors (Lipinski definition) is 10. The van der Waals surface area contributed by atoms with Crippen molar-refractivity contribution in [1.29, 1.82) is 0 Å². The molecular formula is C8H16NO11P. The van der Waals surface area contributed by atoms with Crippen LogP contribution in [0.3, 0.4) is 0 Å². The van der Waals surface area contributed by atoms with Gasteiger partial charge in [-0.3, -0.25) is 9.69 Å². The first-order valence-electron chi connectivity index (χ1n) is 5.36. The number of aliphatic hydroxyl groups is 5. The van der Waals surface area contributed by atoms with Gasteiger partial charge in [0.25, 0.3) is 0 Å². The molecule has 0 rings (SSSR count). The molecule has 0 saturated heterocycles. The summed E-state index contributed by atoms with van der Waals surface area (Å²) in [5.74, 6) is -2.76. The van der Waals surface area contributed by atoms with E-state index in [-0.39, 0.29) is 0 Å². The first-order chi connectivity index (χ1) is 9.51. The van der Waals surface area contributed by atoms with Gasteiger partial charge in [-0.15, -0.1) is 0 Å². The third-order valence-corrected chi connectivity index (χ3v) is 2.74. The molecule has 13 heteroatoms. The third kappa shape index (κ3) is 6.93.